The number of carboxylic acid groups (broad SMARTS) is 1. The standard InChI is InChI=1S/C20H32N8O7/c21-20(22)23-7-3-6-10-16(32)24-9-14(29)25-13(8-15(30)31)19(35)28-12-5-2-1-4-11(17(33)26-10)27-18(12)34/h10-13H,1-9H2,(H,24,32)(H,25,29)(H,26,33)(H,27,34)(H,28,35)(H,30,31)(H4,21,22,23)/t10-,11+,12-,13-/m0/s1. The van der Waals surface area contributed by atoms with Gasteiger partial charge in [0, 0.05) is 6.54 Å². The molecule has 2 bridgehead atoms. The van der Waals surface area contributed by atoms with Gasteiger partial charge in [-0.1, -0.05) is 12.8 Å². The van der Waals surface area contributed by atoms with Crippen LogP contribution in [0.1, 0.15) is 44.9 Å². The fraction of sp³-hybridized carbons (Fsp3) is 0.650. The van der Waals surface area contributed by atoms with E-state index in [1.807, 2.05) is 0 Å². The lowest BCUT2D eigenvalue weighted by Gasteiger charge is -2.28. The van der Waals surface area contributed by atoms with Crippen molar-refractivity contribution in [2.45, 2.75) is 69.1 Å². The molecule has 0 radical (unpaired) electrons. The number of guanidine groups is 1. The summed E-state index contributed by atoms with van der Waals surface area (Å²) in [6.45, 7) is -0.360. The molecule has 194 valence electrons. The molecular weight excluding hydrogens is 464 g/mol. The third-order valence-electron chi connectivity index (χ3n) is 5.53. The maximum absolute atomic E-state index is 12.9. The maximum Gasteiger partial charge on any atom is 0.305 e. The first-order valence-electron chi connectivity index (χ1n) is 11.3. The molecule has 2 rings (SSSR count). The van der Waals surface area contributed by atoms with Crippen LogP contribution in [0.25, 0.3) is 0 Å². The number of fused-ring (bicyclic) bond motifs is 3. The first-order valence-corrected chi connectivity index (χ1v) is 11.3. The van der Waals surface area contributed by atoms with Crippen molar-refractivity contribution in [1.29, 1.82) is 0 Å². The molecule has 0 aliphatic carbocycles. The average molecular weight is 497 g/mol. The number of hydrogen-bond acceptors (Lipinski definition) is 7. The monoisotopic (exact) mass is 496 g/mol. The number of carbonyl (C=O) groups excluding carboxylic acids is 5. The Bertz CT molecular complexity index is 874. The van der Waals surface area contributed by atoms with Gasteiger partial charge in [0.05, 0.1) is 13.0 Å². The van der Waals surface area contributed by atoms with Gasteiger partial charge < -0.3 is 43.2 Å². The Labute approximate surface area is 201 Å². The number of nitrogens with one attached hydrogen (secondary N) is 5. The number of rotatable bonds is 6. The van der Waals surface area contributed by atoms with Gasteiger partial charge in [-0.25, -0.2) is 0 Å². The summed E-state index contributed by atoms with van der Waals surface area (Å²) < 4.78 is 0. The summed E-state index contributed by atoms with van der Waals surface area (Å²) in [4.78, 5) is 78.5. The molecule has 15 heteroatoms. The molecule has 0 aromatic rings. The minimum atomic E-state index is -1.47. The van der Waals surface area contributed by atoms with Crippen molar-refractivity contribution >= 4 is 41.5 Å². The highest BCUT2D eigenvalue weighted by Crippen LogP contribution is 2.13. The van der Waals surface area contributed by atoms with Gasteiger partial charge in [-0.2, -0.15) is 0 Å². The lowest BCUT2D eigenvalue weighted by molar-refractivity contribution is -0.141. The average Bonchev–Trinajstić information content (AvgIpc) is 2.77. The summed E-state index contributed by atoms with van der Waals surface area (Å²) >= 11 is 0. The van der Waals surface area contributed by atoms with E-state index in [9.17, 15) is 28.8 Å². The molecule has 4 atom stereocenters. The van der Waals surface area contributed by atoms with Crippen LogP contribution in [-0.2, 0) is 28.8 Å². The van der Waals surface area contributed by atoms with Crippen molar-refractivity contribution in [2.75, 3.05) is 13.1 Å². The lowest BCUT2D eigenvalue weighted by Crippen LogP contribution is -2.58. The molecule has 2 saturated heterocycles. The highest BCUT2D eigenvalue weighted by Gasteiger charge is 2.33. The predicted octanol–water partition coefficient (Wildman–Crippen LogP) is -3.84. The van der Waals surface area contributed by atoms with Gasteiger partial charge in [0.25, 0.3) is 0 Å². The zero-order chi connectivity index (χ0) is 26.0. The van der Waals surface area contributed by atoms with Gasteiger partial charge in [-0.15, -0.1) is 0 Å². The second-order valence-electron chi connectivity index (χ2n) is 8.35. The third-order valence-corrected chi connectivity index (χ3v) is 5.53. The zero-order valence-corrected chi connectivity index (χ0v) is 19.2. The largest absolute Gasteiger partial charge is 0.481 e. The first kappa shape index (κ1) is 27.3. The Morgan fingerprint density at radius 2 is 1.46 bits per heavy atom. The molecule has 2 aliphatic heterocycles. The van der Waals surface area contributed by atoms with Crippen LogP contribution in [0.5, 0.6) is 0 Å². The van der Waals surface area contributed by atoms with Crippen LogP contribution in [0, 0.1) is 0 Å². The van der Waals surface area contributed by atoms with E-state index in [-0.39, 0.29) is 25.3 Å². The lowest BCUT2D eigenvalue weighted by atomic mass is 9.99. The highest BCUT2D eigenvalue weighted by atomic mass is 16.4. The summed E-state index contributed by atoms with van der Waals surface area (Å²) in [6, 6.07) is -4.49. The second-order valence-corrected chi connectivity index (χ2v) is 8.35. The number of nitrogens with two attached hydrogens (primary N) is 2. The van der Waals surface area contributed by atoms with Crippen molar-refractivity contribution < 1.29 is 33.9 Å². The number of carboxylic acids is 1. The number of hydrogen-bond donors (Lipinski definition) is 8. The van der Waals surface area contributed by atoms with E-state index in [4.69, 9.17) is 16.6 Å². The van der Waals surface area contributed by atoms with E-state index in [0.717, 1.165) is 0 Å². The topological polar surface area (TPSA) is 247 Å². The molecule has 0 spiro atoms. The first-order chi connectivity index (χ1) is 16.6. The van der Waals surface area contributed by atoms with Gasteiger partial charge in [-0.05, 0) is 25.7 Å². The smallest absolute Gasteiger partial charge is 0.305 e. The normalized spacial score (nSPS) is 26.3. The minimum absolute atomic E-state index is 0.122. The van der Waals surface area contributed by atoms with Crippen LogP contribution in [0.3, 0.4) is 0 Å². The molecule has 2 aliphatic rings. The molecule has 2 fully saturated rings. The molecule has 0 aromatic heterocycles. The van der Waals surface area contributed by atoms with E-state index in [2.05, 4.69) is 31.6 Å². The minimum Gasteiger partial charge on any atom is -0.481 e. The van der Waals surface area contributed by atoms with Crippen molar-refractivity contribution in [3.8, 4) is 0 Å². The van der Waals surface area contributed by atoms with E-state index in [1.165, 1.54) is 0 Å². The van der Waals surface area contributed by atoms with Crippen LogP contribution in [0.2, 0.25) is 0 Å². The summed E-state index contributed by atoms with van der Waals surface area (Å²) in [5.74, 6) is -5.03. The van der Waals surface area contributed by atoms with Gasteiger partial charge in [-0.3, -0.25) is 33.8 Å². The molecule has 35 heavy (non-hydrogen) atoms. The molecular formula is C20H32N8O7. The molecule has 15 nitrogen and oxygen atoms in total. The van der Waals surface area contributed by atoms with Crippen LogP contribution in [-0.4, -0.2) is 83.8 Å². The quantitative estimate of drug-likeness (QED) is 0.102. The van der Waals surface area contributed by atoms with Crippen molar-refractivity contribution in [2.24, 2.45) is 16.5 Å². The SMILES string of the molecule is NC(N)=NCCC[C@@H]1NC(=O)[C@H]2CCCC[C@H](NC(=O)[C@H](CC(=O)O)NC(=O)CNC1=O)C(=O)N2. The van der Waals surface area contributed by atoms with Crippen molar-refractivity contribution in [3.05, 3.63) is 0 Å². The maximum atomic E-state index is 12.9. The van der Waals surface area contributed by atoms with Crippen LogP contribution in [0.15, 0.2) is 4.99 Å². The molecule has 0 unspecified atom stereocenters. The van der Waals surface area contributed by atoms with Crippen LogP contribution >= 0.6 is 0 Å². The molecule has 0 aromatic carbocycles. The van der Waals surface area contributed by atoms with E-state index >= 15 is 0 Å². The Balaban J connectivity index is 2.28. The number of aliphatic imine (C=N–C) groups is 1. The van der Waals surface area contributed by atoms with E-state index < -0.39 is 72.6 Å². The summed E-state index contributed by atoms with van der Waals surface area (Å²) in [5, 5.41) is 21.4. The Morgan fingerprint density at radius 1 is 0.857 bits per heavy atom. The summed E-state index contributed by atoms with van der Waals surface area (Å²) in [7, 11) is 0. The van der Waals surface area contributed by atoms with E-state index in [1.54, 1.807) is 0 Å². The zero-order valence-electron chi connectivity index (χ0n) is 19.2. The fourth-order valence-electron chi connectivity index (χ4n) is 3.74. The van der Waals surface area contributed by atoms with Crippen molar-refractivity contribution in [3.63, 3.8) is 0 Å². The Hall–Kier alpha value is -3.91. The Morgan fingerprint density at radius 3 is 2.06 bits per heavy atom. The fourth-order valence-corrected chi connectivity index (χ4v) is 3.74. The highest BCUT2D eigenvalue weighted by molar-refractivity contribution is 5.97. The molecule has 0 saturated carbocycles. The number of aliphatic carboxylic acids is 1. The molecule has 2 heterocycles. The second kappa shape index (κ2) is 13.1. The van der Waals surface area contributed by atoms with Gasteiger partial charge in [0.1, 0.15) is 24.2 Å². The van der Waals surface area contributed by atoms with Gasteiger partial charge in [0.2, 0.25) is 29.5 Å². The summed E-state index contributed by atoms with van der Waals surface area (Å²) in [5.41, 5.74) is 10.6. The number of nitrogens with zero attached hydrogens (tertiary/aromatic N) is 1. The third kappa shape index (κ3) is 9.10. The molecule has 10 N–H and O–H groups in total. The van der Waals surface area contributed by atoms with Crippen LogP contribution in [0.4, 0.5) is 0 Å². The predicted molar refractivity (Wildman–Crippen MR) is 121 cm³/mol. The van der Waals surface area contributed by atoms with E-state index in [0.29, 0.717) is 25.7 Å². The number of carbonyl (C=O) groups is 6. The Kier molecular flexibility index (Phi) is 10.2. The van der Waals surface area contributed by atoms with Crippen LogP contribution < -0.4 is 38.1 Å². The van der Waals surface area contributed by atoms with Gasteiger partial charge in [0.15, 0.2) is 5.96 Å². The molecule has 5 amide bonds. The van der Waals surface area contributed by atoms with Gasteiger partial charge >= 0.3 is 5.97 Å². The number of amides is 5. The summed E-state index contributed by atoms with van der Waals surface area (Å²) in [6.07, 6.45) is 1.41. The van der Waals surface area contributed by atoms with Crippen molar-refractivity contribution in [1.82, 2.24) is 26.6 Å².